The predicted molar refractivity (Wildman–Crippen MR) is 92.9 cm³/mol. The van der Waals surface area contributed by atoms with Gasteiger partial charge in [0.15, 0.2) is 0 Å². The summed E-state index contributed by atoms with van der Waals surface area (Å²) in [7, 11) is -2.14. The van der Waals surface area contributed by atoms with E-state index in [4.69, 9.17) is 5.73 Å². The Labute approximate surface area is 134 Å². The smallest absolute Gasteiger partial charge is 0.319 e. The van der Waals surface area contributed by atoms with Gasteiger partial charge >= 0.3 is 8.25 Å². The number of hydrogen-bond acceptors (Lipinski definition) is 5. The van der Waals surface area contributed by atoms with E-state index in [1.165, 1.54) is 0 Å². The highest BCUT2D eigenvalue weighted by Gasteiger charge is 2.21. The first-order chi connectivity index (χ1) is 10.1. The molecule has 0 heterocycles. The van der Waals surface area contributed by atoms with Crippen molar-refractivity contribution >= 4 is 13.9 Å². The highest BCUT2D eigenvalue weighted by atomic mass is 31.1. The molecule has 0 aliphatic carbocycles. The average Bonchev–Trinajstić information content (AvgIpc) is 2.40. The van der Waals surface area contributed by atoms with Crippen molar-refractivity contribution in [1.29, 1.82) is 0 Å². The molecule has 0 aliphatic rings. The molecule has 128 valence electrons. The quantitative estimate of drug-likeness (QED) is 0.487. The van der Waals surface area contributed by atoms with Gasteiger partial charge in [-0.05, 0) is 50.3 Å². The number of aromatic hydroxyl groups is 1. The zero-order valence-electron chi connectivity index (χ0n) is 14.7. The van der Waals surface area contributed by atoms with Gasteiger partial charge in [-0.25, -0.2) is 0 Å². The van der Waals surface area contributed by atoms with Crippen molar-refractivity contribution < 1.29 is 18.7 Å². The van der Waals surface area contributed by atoms with Crippen LogP contribution >= 0.6 is 8.25 Å². The molecule has 0 unspecified atom stereocenters. The normalized spacial score (nSPS) is 11.3. The summed E-state index contributed by atoms with van der Waals surface area (Å²) in [4.78, 5) is 0. The lowest BCUT2D eigenvalue weighted by molar-refractivity contribution is 0.243. The van der Waals surface area contributed by atoms with Crippen molar-refractivity contribution in [2.24, 2.45) is 0 Å². The summed E-state index contributed by atoms with van der Waals surface area (Å²) in [5, 5.41) is 9.98. The largest absolute Gasteiger partial charge is 0.507 e. The van der Waals surface area contributed by atoms with Crippen molar-refractivity contribution in [1.82, 2.24) is 0 Å². The number of phenolic OH excluding ortho intramolecular Hbond substituents is 1. The van der Waals surface area contributed by atoms with E-state index in [9.17, 15) is 9.67 Å². The average molecular weight is 331 g/mol. The maximum Gasteiger partial charge on any atom is 0.319 e. The van der Waals surface area contributed by atoms with E-state index in [-0.39, 0.29) is 5.41 Å². The molecule has 0 fully saturated rings. The van der Waals surface area contributed by atoms with Crippen molar-refractivity contribution in [3.63, 3.8) is 0 Å². The molecule has 0 saturated carbocycles. The second-order valence-corrected chi connectivity index (χ2v) is 7.06. The molecular formula is C16H30NO4P. The Bertz CT molecular complexity index is 502. The summed E-state index contributed by atoms with van der Waals surface area (Å²) in [6.45, 7) is 14.5. The van der Waals surface area contributed by atoms with Crippen LogP contribution in [0.1, 0.15) is 51.3 Å². The molecule has 1 rings (SSSR count). The number of phenols is 1. The van der Waals surface area contributed by atoms with E-state index < -0.39 is 8.25 Å². The van der Waals surface area contributed by atoms with Crippen LogP contribution in [0.25, 0.3) is 0 Å². The molecule has 0 bridgehead atoms. The van der Waals surface area contributed by atoms with Crippen LogP contribution in [0.4, 0.5) is 5.69 Å². The molecule has 1 aromatic carbocycles. The van der Waals surface area contributed by atoms with Crippen LogP contribution in [0.3, 0.4) is 0 Å². The first-order valence-corrected chi connectivity index (χ1v) is 8.67. The molecule has 3 N–H and O–H groups in total. The number of hydrogen-bond donors (Lipinski definition) is 2. The third kappa shape index (κ3) is 6.39. The third-order valence-electron chi connectivity index (χ3n) is 3.24. The summed E-state index contributed by atoms with van der Waals surface area (Å²) in [6, 6.07) is 1.87. The van der Waals surface area contributed by atoms with E-state index >= 15 is 0 Å². The molecular weight excluding hydrogens is 301 g/mol. The standard InChI is InChI=1S/C12H19NO.C4H11O3P/c1-7-8(2)11(14)9(6-10(7)13)12(3,4)5;1-3-6-8(5)7-4-2/h6,14H,13H2,1-5H3;8H,3-4H2,1-2H3. The number of anilines is 1. The van der Waals surface area contributed by atoms with Crippen LogP contribution in [-0.2, 0) is 19.0 Å². The van der Waals surface area contributed by atoms with Crippen LogP contribution < -0.4 is 5.73 Å². The predicted octanol–water partition coefficient (Wildman–Crippen LogP) is 4.34. The van der Waals surface area contributed by atoms with Crippen LogP contribution in [-0.4, -0.2) is 18.3 Å². The molecule has 0 aromatic heterocycles. The fraction of sp³-hybridized carbons (Fsp3) is 0.625. The molecule has 0 atom stereocenters. The molecule has 0 spiro atoms. The minimum atomic E-state index is -2.14. The van der Waals surface area contributed by atoms with Gasteiger partial charge < -0.3 is 19.9 Å². The van der Waals surface area contributed by atoms with Crippen LogP contribution in [0, 0.1) is 13.8 Å². The van der Waals surface area contributed by atoms with Crippen LogP contribution in [0.15, 0.2) is 6.07 Å². The lowest BCUT2D eigenvalue weighted by Gasteiger charge is -2.23. The van der Waals surface area contributed by atoms with Crippen molar-refractivity contribution in [3.8, 4) is 5.75 Å². The molecule has 0 aliphatic heterocycles. The van der Waals surface area contributed by atoms with E-state index in [0.29, 0.717) is 19.0 Å². The molecule has 0 amide bonds. The summed E-state index contributed by atoms with van der Waals surface area (Å²) >= 11 is 0. The zero-order chi connectivity index (χ0) is 17.5. The van der Waals surface area contributed by atoms with Crippen molar-refractivity contribution in [2.45, 2.75) is 53.9 Å². The van der Waals surface area contributed by atoms with Crippen LogP contribution in [0.2, 0.25) is 0 Å². The summed E-state index contributed by atoms with van der Waals surface area (Å²) in [6.07, 6.45) is 0. The van der Waals surface area contributed by atoms with E-state index in [1.807, 2.05) is 19.9 Å². The van der Waals surface area contributed by atoms with E-state index in [1.54, 1.807) is 13.8 Å². The van der Waals surface area contributed by atoms with E-state index in [2.05, 4.69) is 29.8 Å². The first-order valence-electron chi connectivity index (χ1n) is 7.44. The zero-order valence-corrected chi connectivity index (χ0v) is 15.7. The lowest BCUT2D eigenvalue weighted by Crippen LogP contribution is -2.13. The number of nitrogens with two attached hydrogens (primary N) is 1. The maximum atomic E-state index is 10.4. The van der Waals surface area contributed by atoms with Gasteiger partial charge in [-0.15, -0.1) is 0 Å². The summed E-state index contributed by atoms with van der Waals surface area (Å²) < 4.78 is 19.6. The Morgan fingerprint density at radius 3 is 1.95 bits per heavy atom. The van der Waals surface area contributed by atoms with Gasteiger partial charge in [0.1, 0.15) is 5.75 Å². The van der Waals surface area contributed by atoms with Gasteiger partial charge in [0.2, 0.25) is 0 Å². The second-order valence-electron chi connectivity index (χ2n) is 5.98. The van der Waals surface area contributed by atoms with Gasteiger partial charge in [-0.1, -0.05) is 20.8 Å². The van der Waals surface area contributed by atoms with Gasteiger partial charge in [-0.2, -0.15) is 0 Å². The van der Waals surface area contributed by atoms with Gasteiger partial charge in [0, 0.05) is 11.3 Å². The fourth-order valence-corrected chi connectivity index (χ4v) is 2.33. The van der Waals surface area contributed by atoms with E-state index in [0.717, 1.165) is 22.4 Å². The third-order valence-corrected chi connectivity index (χ3v) is 4.29. The minimum absolute atomic E-state index is 0.0728. The monoisotopic (exact) mass is 331 g/mol. The molecule has 22 heavy (non-hydrogen) atoms. The number of nitrogen functional groups attached to an aromatic ring is 1. The second kappa shape index (κ2) is 9.19. The Morgan fingerprint density at radius 2 is 1.59 bits per heavy atom. The highest BCUT2D eigenvalue weighted by molar-refractivity contribution is 7.33. The highest BCUT2D eigenvalue weighted by Crippen LogP contribution is 2.36. The van der Waals surface area contributed by atoms with Gasteiger partial charge in [0.25, 0.3) is 0 Å². The van der Waals surface area contributed by atoms with Crippen molar-refractivity contribution in [2.75, 3.05) is 18.9 Å². The molecule has 0 saturated heterocycles. The van der Waals surface area contributed by atoms with Crippen molar-refractivity contribution in [3.05, 3.63) is 22.8 Å². The Morgan fingerprint density at radius 1 is 1.14 bits per heavy atom. The first kappa shape index (κ1) is 21.0. The SMILES string of the molecule is CCO[PH](=O)OCC.Cc1c(N)cc(C(C)(C)C)c(O)c1C. The molecule has 1 aromatic rings. The lowest BCUT2D eigenvalue weighted by atomic mass is 9.84. The minimum Gasteiger partial charge on any atom is -0.507 e. The number of rotatable bonds is 4. The van der Waals surface area contributed by atoms with Crippen LogP contribution in [0.5, 0.6) is 5.75 Å². The Hall–Kier alpha value is -1.03. The summed E-state index contributed by atoms with van der Waals surface area (Å²) in [5.41, 5.74) is 9.33. The Kier molecular flexibility index (Phi) is 8.76. The number of benzene rings is 1. The fourth-order valence-electron chi connectivity index (χ4n) is 1.78. The molecule has 6 heteroatoms. The summed E-state index contributed by atoms with van der Waals surface area (Å²) in [5.74, 6) is 0.379. The van der Waals surface area contributed by atoms with Gasteiger partial charge in [-0.3, -0.25) is 4.57 Å². The van der Waals surface area contributed by atoms with Gasteiger partial charge in [0.05, 0.1) is 13.2 Å². The maximum absolute atomic E-state index is 10.4. The topological polar surface area (TPSA) is 81.8 Å². The molecule has 0 radical (unpaired) electrons. The molecule has 5 nitrogen and oxygen atoms in total. The Balaban J connectivity index is 0.000000472.